The quantitative estimate of drug-likeness (QED) is 0.584. The molecular formula is C22H31N3O4. The van der Waals surface area contributed by atoms with Gasteiger partial charge in [-0.3, -0.25) is 19.8 Å². The second-order valence-electron chi connectivity index (χ2n) is 9.03. The van der Waals surface area contributed by atoms with Crippen LogP contribution in [-0.4, -0.2) is 42.0 Å². The van der Waals surface area contributed by atoms with Gasteiger partial charge in [0.25, 0.3) is 0 Å². The van der Waals surface area contributed by atoms with Crippen LogP contribution in [0, 0.1) is 33.8 Å². The molecule has 3 aliphatic rings. The highest BCUT2D eigenvalue weighted by Crippen LogP contribution is 2.50. The Balaban J connectivity index is 1.36. The van der Waals surface area contributed by atoms with E-state index in [1.807, 2.05) is 0 Å². The number of nitrogens with zero attached hydrogens (tertiary/aromatic N) is 2. The lowest BCUT2D eigenvalue weighted by Gasteiger charge is -2.21. The highest BCUT2D eigenvalue weighted by atomic mass is 16.6. The molecule has 0 bridgehead atoms. The highest BCUT2D eigenvalue weighted by Gasteiger charge is 2.46. The maximum absolute atomic E-state index is 12.9. The number of carbonyl (C=O) groups is 1. The summed E-state index contributed by atoms with van der Waals surface area (Å²) in [6.07, 6.45) is 5.66. The van der Waals surface area contributed by atoms with Crippen LogP contribution < -0.4 is 10.1 Å². The SMILES string of the molecule is COc1cccc(CN2CCC(NC(=O)C3CC(C)C4CCCC34)C2)c1[N+](=O)[O-]. The van der Waals surface area contributed by atoms with E-state index in [-0.39, 0.29) is 34.2 Å². The van der Waals surface area contributed by atoms with Crippen molar-refractivity contribution in [3.05, 3.63) is 33.9 Å². The Morgan fingerprint density at radius 2 is 2.10 bits per heavy atom. The highest BCUT2D eigenvalue weighted by molar-refractivity contribution is 5.79. The Hall–Kier alpha value is -2.15. The number of hydrogen-bond acceptors (Lipinski definition) is 5. The summed E-state index contributed by atoms with van der Waals surface area (Å²) in [5.41, 5.74) is 0.689. The number of likely N-dealkylation sites (tertiary alicyclic amines) is 1. The average molecular weight is 402 g/mol. The lowest BCUT2D eigenvalue weighted by Crippen LogP contribution is -2.41. The van der Waals surface area contributed by atoms with Gasteiger partial charge >= 0.3 is 5.69 Å². The fraction of sp³-hybridized carbons (Fsp3) is 0.682. The smallest absolute Gasteiger partial charge is 0.315 e. The summed E-state index contributed by atoms with van der Waals surface area (Å²) in [7, 11) is 1.45. The lowest BCUT2D eigenvalue weighted by atomic mass is 9.90. The molecule has 1 amide bonds. The molecule has 7 heteroatoms. The Morgan fingerprint density at radius 1 is 1.31 bits per heavy atom. The zero-order chi connectivity index (χ0) is 20.5. The van der Waals surface area contributed by atoms with Crippen LogP contribution in [0.15, 0.2) is 18.2 Å². The number of benzene rings is 1. The van der Waals surface area contributed by atoms with Crippen LogP contribution in [0.2, 0.25) is 0 Å². The molecule has 4 rings (SSSR count). The fourth-order valence-electron chi connectivity index (χ4n) is 5.99. The molecule has 5 atom stereocenters. The first-order valence-electron chi connectivity index (χ1n) is 10.8. The Morgan fingerprint density at radius 3 is 2.86 bits per heavy atom. The molecule has 1 aliphatic heterocycles. The molecule has 1 aromatic rings. The predicted octanol–water partition coefficient (Wildman–Crippen LogP) is 3.37. The summed E-state index contributed by atoms with van der Waals surface area (Å²) < 4.78 is 5.17. The number of methoxy groups -OCH3 is 1. The second kappa shape index (κ2) is 8.30. The number of nitro groups is 1. The molecule has 0 aromatic heterocycles. The topological polar surface area (TPSA) is 84.7 Å². The minimum Gasteiger partial charge on any atom is -0.490 e. The zero-order valence-corrected chi connectivity index (χ0v) is 17.3. The van der Waals surface area contributed by atoms with Crippen molar-refractivity contribution in [2.75, 3.05) is 20.2 Å². The van der Waals surface area contributed by atoms with E-state index >= 15 is 0 Å². The van der Waals surface area contributed by atoms with E-state index in [0.717, 1.165) is 31.8 Å². The van der Waals surface area contributed by atoms with Gasteiger partial charge < -0.3 is 10.1 Å². The fourth-order valence-corrected chi connectivity index (χ4v) is 5.99. The van der Waals surface area contributed by atoms with Gasteiger partial charge in [-0.25, -0.2) is 0 Å². The first kappa shape index (κ1) is 20.1. The maximum atomic E-state index is 12.9. The van der Waals surface area contributed by atoms with E-state index in [1.54, 1.807) is 18.2 Å². The summed E-state index contributed by atoms with van der Waals surface area (Å²) >= 11 is 0. The third-order valence-electron chi connectivity index (χ3n) is 7.33. The molecule has 0 radical (unpaired) electrons. The standard InChI is InChI=1S/C22H31N3O4/c1-14-11-19(18-7-4-6-17(14)18)22(26)23-16-9-10-24(13-16)12-15-5-3-8-20(29-2)21(15)25(27)28/h3,5,8,14,16-19H,4,6-7,9-13H2,1-2H3,(H,23,26). The van der Waals surface area contributed by atoms with Gasteiger partial charge in [0.1, 0.15) is 0 Å². The first-order chi connectivity index (χ1) is 14.0. The molecule has 0 spiro atoms. The van der Waals surface area contributed by atoms with Crippen molar-refractivity contribution in [2.24, 2.45) is 23.7 Å². The van der Waals surface area contributed by atoms with E-state index in [1.165, 1.54) is 26.4 Å². The maximum Gasteiger partial charge on any atom is 0.315 e. The number of carbonyl (C=O) groups excluding carboxylic acids is 1. The largest absolute Gasteiger partial charge is 0.490 e. The van der Waals surface area contributed by atoms with Gasteiger partial charge in [0, 0.05) is 37.2 Å². The number of fused-ring (bicyclic) bond motifs is 1. The van der Waals surface area contributed by atoms with Gasteiger partial charge in [0.2, 0.25) is 5.91 Å². The number of nitrogens with one attached hydrogen (secondary N) is 1. The van der Waals surface area contributed by atoms with E-state index < -0.39 is 0 Å². The van der Waals surface area contributed by atoms with Gasteiger partial charge in [-0.15, -0.1) is 0 Å². The van der Waals surface area contributed by atoms with E-state index in [9.17, 15) is 14.9 Å². The van der Waals surface area contributed by atoms with Gasteiger partial charge in [-0.05, 0) is 49.5 Å². The van der Waals surface area contributed by atoms with Gasteiger partial charge in [0.15, 0.2) is 5.75 Å². The number of para-hydroxylation sites is 1. The minimum atomic E-state index is -0.372. The normalized spacial score (nSPS) is 31.6. The van der Waals surface area contributed by atoms with Crippen molar-refractivity contribution in [3.8, 4) is 5.75 Å². The van der Waals surface area contributed by atoms with Crippen LogP contribution in [0.3, 0.4) is 0 Å². The molecule has 5 unspecified atom stereocenters. The van der Waals surface area contributed by atoms with Crippen LogP contribution in [0.1, 0.15) is 44.6 Å². The summed E-state index contributed by atoms with van der Waals surface area (Å²) in [4.78, 5) is 26.3. The van der Waals surface area contributed by atoms with Crippen molar-refractivity contribution in [2.45, 2.75) is 51.6 Å². The molecule has 3 fully saturated rings. The van der Waals surface area contributed by atoms with Crippen molar-refractivity contribution in [3.63, 3.8) is 0 Å². The Labute approximate surface area is 171 Å². The molecule has 29 heavy (non-hydrogen) atoms. The Kier molecular flexibility index (Phi) is 5.76. The summed E-state index contributed by atoms with van der Waals surface area (Å²) in [5, 5.41) is 14.8. The summed E-state index contributed by atoms with van der Waals surface area (Å²) in [6.45, 7) is 4.35. The molecule has 1 saturated heterocycles. The molecule has 7 nitrogen and oxygen atoms in total. The number of rotatable bonds is 6. The van der Waals surface area contributed by atoms with Gasteiger partial charge in [-0.2, -0.15) is 0 Å². The van der Waals surface area contributed by atoms with Gasteiger partial charge in [0.05, 0.1) is 12.0 Å². The second-order valence-corrected chi connectivity index (χ2v) is 9.03. The average Bonchev–Trinajstić information content (AvgIpc) is 3.40. The zero-order valence-electron chi connectivity index (χ0n) is 17.3. The predicted molar refractivity (Wildman–Crippen MR) is 110 cm³/mol. The molecule has 1 heterocycles. The van der Waals surface area contributed by atoms with E-state index in [2.05, 4.69) is 17.1 Å². The summed E-state index contributed by atoms with van der Waals surface area (Å²) in [6, 6.07) is 5.32. The van der Waals surface area contributed by atoms with E-state index in [0.29, 0.717) is 23.9 Å². The van der Waals surface area contributed by atoms with E-state index in [4.69, 9.17) is 4.74 Å². The third-order valence-corrected chi connectivity index (χ3v) is 7.33. The lowest BCUT2D eigenvalue weighted by molar-refractivity contribution is -0.386. The number of hydrogen-bond donors (Lipinski definition) is 1. The number of amides is 1. The van der Waals surface area contributed by atoms with Crippen LogP contribution >= 0.6 is 0 Å². The monoisotopic (exact) mass is 401 g/mol. The molecule has 2 saturated carbocycles. The van der Waals surface area contributed by atoms with Crippen molar-refractivity contribution < 1.29 is 14.5 Å². The first-order valence-corrected chi connectivity index (χ1v) is 10.8. The van der Waals surface area contributed by atoms with Crippen LogP contribution in [-0.2, 0) is 11.3 Å². The third kappa shape index (κ3) is 3.97. The van der Waals surface area contributed by atoms with Crippen molar-refractivity contribution >= 4 is 11.6 Å². The van der Waals surface area contributed by atoms with Crippen LogP contribution in [0.4, 0.5) is 5.69 Å². The minimum absolute atomic E-state index is 0.0368. The number of nitro benzene ring substituents is 1. The van der Waals surface area contributed by atoms with Crippen molar-refractivity contribution in [1.29, 1.82) is 0 Å². The molecule has 1 N–H and O–H groups in total. The molecule has 2 aliphatic carbocycles. The number of ether oxygens (including phenoxy) is 1. The molecule has 1 aromatic carbocycles. The Bertz CT molecular complexity index is 783. The van der Waals surface area contributed by atoms with Gasteiger partial charge in [-0.1, -0.05) is 25.5 Å². The molecule has 158 valence electrons. The van der Waals surface area contributed by atoms with Crippen LogP contribution in [0.5, 0.6) is 5.75 Å². The summed E-state index contributed by atoms with van der Waals surface area (Å²) in [5.74, 6) is 2.66. The van der Waals surface area contributed by atoms with Crippen molar-refractivity contribution in [1.82, 2.24) is 10.2 Å². The van der Waals surface area contributed by atoms with Crippen LogP contribution in [0.25, 0.3) is 0 Å². The molecular weight excluding hydrogens is 370 g/mol.